The van der Waals surface area contributed by atoms with E-state index >= 15 is 0 Å². The highest BCUT2D eigenvalue weighted by molar-refractivity contribution is 5.99. The molecule has 0 aliphatic carbocycles. The molecule has 0 spiro atoms. The molecule has 96 valence electrons. The van der Waals surface area contributed by atoms with Crippen LogP contribution in [-0.4, -0.2) is 35.1 Å². The molecule has 1 aliphatic heterocycles. The predicted octanol–water partition coefficient (Wildman–Crippen LogP) is 0.0907. The minimum absolute atomic E-state index is 0.0103. The van der Waals surface area contributed by atoms with E-state index in [1.54, 1.807) is 0 Å². The molecule has 2 rings (SSSR count). The number of pyridine rings is 1. The second-order valence-electron chi connectivity index (χ2n) is 3.92. The number of nitro groups is 1. The smallest absolute Gasteiger partial charge is 0.288 e. The number of nitrogens with zero attached hydrogens (tertiary/aromatic N) is 2. The van der Waals surface area contributed by atoms with E-state index in [-0.39, 0.29) is 23.1 Å². The molecule has 1 atom stereocenters. The van der Waals surface area contributed by atoms with Crippen LogP contribution in [0.25, 0.3) is 0 Å². The Balaban J connectivity index is 2.17. The van der Waals surface area contributed by atoms with Gasteiger partial charge in [-0.3, -0.25) is 14.9 Å². The third-order valence-corrected chi connectivity index (χ3v) is 2.62. The predicted molar refractivity (Wildman–Crippen MR) is 62.0 cm³/mol. The first-order valence-corrected chi connectivity index (χ1v) is 5.36. The van der Waals surface area contributed by atoms with Crippen LogP contribution < -0.4 is 11.1 Å². The molecule has 1 aliphatic rings. The molecule has 0 radical (unpaired) electrons. The van der Waals surface area contributed by atoms with Crippen molar-refractivity contribution in [3.05, 3.63) is 27.9 Å². The Kier molecular flexibility index (Phi) is 3.38. The van der Waals surface area contributed by atoms with Gasteiger partial charge in [0.2, 0.25) is 0 Å². The summed E-state index contributed by atoms with van der Waals surface area (Å²) in [7, 11) is 0. The van der Waals surface area contributed by atoms with E-state index < -0.39 is 10.8 Å². The number of carbonyl (C=O) groups is 1. The standard InChI is InChI=1S/C10H12N4O4/c11-9-8(3-7(4-12-9)14(16)17)10(15)13-6-1-2-18-5-6/h3-4,6H,1-2,5H2,(H2,11,12)(H,13,15). The molecule has 8 nitrogen and oxygen atoms in total. The Hall–Kier alpha value is -2.22. The van der Waals surface area contributed by atoms with Gasteiger partial charge in [-0.2, -0.15) is 0 Å². The van der Waals surface area contributed by atoms with Crippen molar-refractivity contribution >= 4 is 17.4 Å². The van der Waals surface area contributed by atoms with Crippen LogP contribution in [0.5, 0.6) is 0 Å². The summed E-state index contributed by atoms with van der Waals surface area (Å²) in [5.74, 6) is -0.504. The maximum Gasteiger partial charge on any atom is 0.288 e. The van der Waals surface area contributed by atoms with Crippen LogP contribution in [0, 0.1) is 10.1 Å². The van der Waals surface area contributed by atoms with Crippen LogP contribution in [0.2, 0.25) is 0 Å². The summed E-state index contributed by atoms with van der Waals surface area (Å²) in [6, 6.07) is 1.03. The summed E-state index contributed by atoms with van der Waals surface area (Å²) in [5, 5.41) is 13.3. The summed E-state index contributed by atoms with van der Waals surface area (Å²) in [5.41, 5.74) is 5.28. The van der Waals surface area contributed by atoms with E-state index in [4.69, 9.17) is 10.5 Å². The second-order valence-corrected chi connectivity index (χ2v) is 3.92. The van der Waals surface area contributed by atoms with E-state index in [9.17, 15) is 14.9 Å². The number of hydrogen-bond donors (Lipinski definition) is 2. The molecule has 1 aromatic rings. The second kappa shape index (κ2) is 4.96. The number of rotatable bonds is 3. The van der Waals surface area contributed by atoms with E-state index in [1.165, 1.54) is 0 Å². The topological polar surface area (TPSA) is 120 Å². The number of carbonyl (C=O) groups excluding carboxylic acids is 1. The minimum Gasteiger partial charge on any atom is -0.383 e. The lowest BCUT2D eigenvalue weighted by atomic mass is 10.2. The Bertz CT molecular complexity index is 485. The SMILES string of the molecule is Nc1ncc([N+](=O)[O-])cc1C(=O)NC1CCOC1. The van der Waals surface area contributed by atoms with Crippen LogP contribution in [0.15, 0.2) is 12.3 Å². The monoisotopic (exact) mass is 252 g/mol. The first-order chi connectivity index (χ1) is 8.58. The molecule has 1 fully saturated rings. The fourth-order valence-corrected chi connectivity index (χ4v) is 1.66. The van der Waals surface area contributed by atoms with E-state index in [0.717, 1.165) is 12.3 Å². The zero-order chi connectivity index (χ0) is 13.1. The van der Waals surface area contributed by atoms with Crippen LogP contribution in [-0.2, 0) is 4.74 Å². The third-order valence-electron chi connectivity index (χ3n) is 2.62. The van der Waals surface area contributed by atoms with Gasteiger partial charge >= 0.3 is 0 Å². The third kappa shape index (κ3) is 2.54. The Labute approximate surface area is 102 Å². The Morgan fingerprint density at radius 3 is 3.06 bits per heavy atom. The van der Waals surface area contributed by atoms with Crippen molar-refractivity contribution < 1.29 is 14.5 Å². The average molecular weight is 252 g/mol. The summed E-state index contributed by atoms with van der Waals surface area (Å²) >= 11 is 0. The molecular weight excluding hydrogens is 240 g/mol. The Morgan fingerprint density at radius 2 is 2.44 bits per heavy atom. The number of aromatic nitrogens is 1. The molecule has 2 heterocycles. The summed E-state index contributed by atoms with van der Waals surface area (Å²) < 4.78 is 5.12. The van der Waals surface area contributed by atoms with Crippen molar-refractivity contribution in [3.63, 3.8) is 0 Å². The first kappa shape index (κ1) is 12.2. The van der Waals surface area contributed by atoms with Crippen LogP contribution in [0.1, 0.15) is 16.8 Å². The number of nitrogens with two attached hydrogens (primary N) is 1. The van der Waals surface area contributed by atoms with Crippen LogP contribution in [0.4, 0.5) is 11.5 Å². The highest BCUT2D eigenvalue weighted by Gasteiger charge is 2.22. The maximum absolute atomic E-state index is 11.9. The summed E-state index contributed by atoms with van der Waals surface area (Å²) in [6.07, 6.45) is 1.73. The molecule has 3 N–H and O–H groups in total. The highest BCUT2D eigenvalue weighted by atomic mass is 16.6. The van der Waals surface area contributed by atoms with Gasteiger partial charge in [0.15, 0.2) is 0 Å². The number of nitrogen functional groups attached to an aromatic ring is 1. The zero-order valence-corrected chi connectivity index (χ0v) is 9.46. The zero-order valence-electron chi connectivity index (χ0n) is 9.46. The normalized spacial score (nSPS) is 18.6. The molecule has 0 saturated carbocycles. The number of amides is 1. The lowest BCUT2D eigenvalue weighted by molar-refractivity contribution is -0.385. The molecular formula is C10H12N4O4. The summed E-state index contributed by atoms with van der Waals surface area (Å²) in [6.45, 7) is 1.03. The number of ether oxygens (including phenoxy) is 1. The highest BCUT2D eigenvalue weighted by Crippen LogP contribution is 2.17. The van der Waals surface area contributed by atoms with Gasteiger partial charge < -0.3 is 15.8 Å². The fraction of sp³-hybridized carbons (Fsp3) is 0.400. The molecule has 0 bridgehead atoms. The number of hydrogen-bond acceptors (Lipinski definition) is 6. The van der Waals surface area contributed by atoms with Crippen molar-refractivity contribution in [1.82, 2.24) is 10.3 Å². The molecule has 0 aromatic carbocycles. The van der Waals surface area contributed by atoms with Crippen LogP contribution >= 0.6 is 0 Å². The average Bonchev–Trinajstić information content (AvgIpc) is 2.81. The molecule has 1 aromatic heterocycles. The molecule has 8 heteroatoms. The van der Waals surface area contributed by atoms with Gasteiger partial charge in [0.1, 0.15) is 12.0 Å². The quantitative estimate of drug-likeness (QED) is 0.581. The van der Waals surface area contributed by atoms with Crippen molar-refractivity contribution in [2.45, 2.75) is 12.5 Å². The van der Waals surface area contributed by atoms with Gasteiger partial charge in [0.05, 0.1) is 23.1 Å². The summed E-state index contributed by atoms with van der Waals surface area (Å²) in [4.78, 5) is 25.5. The number of nitrogens with one attached hydrogen (secondary N) is 1. The van der Waals surface area contributed by atoms with Gasteiger partial charge in [-0.25, -0.2) is 4.98 Å². The molecule has 18 heavy (non-hydrogen) atoms. The van der Waals surface area contributed by atoms with Crippen molar-refractivity contribution in [1.29, 1.82) is 0 Å². The van der Waals surface area contributed by atoms with E-state index in [1.807, 2.05) is 0 Å². The van der Waals surface area contributed by atoms with E-state index in [0.29, 0.717) is 19.6 Å². The largest absolute Gasteiger partial charge is 0.383 e. The van der Waals surface area contributed by atoms with Crippen molar-refractivity contribution in [2.24, 2.45) is 0 Å². The van der Waals surface area contributed by atoms with Gasteiger partial charge in [0, 0.05) is 12.7 Å². The first-order valence-electron chi connectivity index (χ1n) is 5.36. The maximum atomic E-state index is 11.9. The van der Waals surface area contributed by atoms with Gasteiger partial charge in [-0.05, 0) is 6.42 Å². The van der Waals surface area contributed by atoms with Gasteiger partial charge in [-0.1, -0.05) is 0 Å². The fourth-order valence-electron chi connectivity index (χ4n) is 1.66. The number of anilines is 1. The van der Waals surface area contributed by atoms with Crippen LogP contribution in [0.3, 0.4) is 0 Å². The lowest BCUT2D eigenvalue weighted by Crippen LogP contribution is -2.35. The Morgan fingerprint density at radius 1 is 1.67 bits per heavy atom. The van der Waals surface area contributed by atoms with E-state index in [2.05, 4.69) is 10.3 Å². The minimum atomic E-state index is -0.623. The van der Waals surface area contributed by atoms with Crippen molar-refractivity contribution in [2.75, 3.05) is 18.9 Å². The van der Waals surface area contributed by atoms with Gasteiger partial charge in [-0.15, -0.1) is 0 Å². The molecule has 1 saturated heterocycles. The van der Waals surface area contributed by atoms with Crippen molar-refractivity contribution in [3.8, 4) is 0 Å². The molecule has 1 unspecified atom stereocenters. The lowest BCUT2D eigenvalue weighted by Gasteiger charge is -2.11. The van der Waals surface area contributed by atoms with Gasteiger partial charge in [0.25, 0.3) is 11.6 Å². The molecule has 1 amide bonds.